The summed E-state index contributed by atoms with van der Waals surface area (Å²) in [5.41, 5.74) is 5.00. The van der Waals surface area contributed by atoms with Gasteiger partial charge in [-0.15, -0.1) is 0 Å². The van der Waals surface area contributed by atoms with Crippen molar-refractivity contribution in [3.05, 3.63) is 200 Å². The lowest BCUT2D eigenvalue weighted by Gasteiger charge is -2.28. The highest BCUT2D eigenvalue weighted by Gasteiger charge is 2.21. The van der Waals surface area contributed by atoms with E-state index in [9.17, 15) is 5.48 Å². The van der Waals surface area contributed by atoms with Crippen LogP contribution in [0.25, 0.3) is 76.9 Å². The second-order valence-electron chi connectivity index (χ2n) is 12.6. The Morgan fingerprint density at radius 1 is 0.365 bits per heavy atom. The van der Waals surface area contributed by atoms with Crippen molar-refractivity contribution in [2.24, 2.45) is 0 Å². The zero-order valence-electron chi connectivity index (χ0n) is 36.7. The summed E-state index contributed by atoms with van der Waals surface area (Å²) in [6.45, 7) is 0. The maximum absolute atomic E-state index is 9.56. The fourth-order valence-electron chi connectivity index (χ4n) is 7.21. The first-order valence-electron chi connectivity index (χ1n) is 21.5. The van der Waals surface area contributed by atoms with E-state index in [4.69, 9.17) is 11.3 Å². The standard InChI is InChI=1S/C50H33NO/c1-2-12-34(13-3-1)35-24-29-39(30-25-35)51(40-31-26-38(27-32-40)42-20-10-16-36-14-4-6-17-41(36)42)48-23-9-8-19-44(48)45-21-11-22-46-47-33-28-37-15-5-7-18-43(37)49(47)52-50(45)46/h1-33H/i1D,2D,3D,12D,13D,24D,25D,29D,30D. The second-order valence-corrected chi connectivity index (χ2v) is 12.6. The highest BCUT2D eigenvalue weighted by molar-refractivity contribution is 6.17. The second kappa shape index (κ2) is 12.5. The van der Waals surface area contributed by atoms with Gasteiger partial charge in [0.2, 0.25) is 0 Å². The Balaban J connectivity index is 1.23. The van der Waals surface area contributed by atoms with Crippen molar-refractivity contribution < 1.29 is 16.8 Å². The van der Waals surface area contributed by atoms with Gasteiger partial charge >= 0.3 is 0 Å². The third-order valence-corrected chi connectivity index (χ3v) is 9.64. The molecule has 1 aromatic heterocycles. The predicted molar refractivity (Wildman–Crippen MR) is 220 cm³/mol. The molecule has 0 aliphatic rings. The number of nitrogens with zero attached hydrogens (tertiary/aromatic N) is 1. The molecular formula is C50H33NO. The highest BCUT2D eigenvalue weighted by Crippen LogP contribution is 2.45. The molecule has 52 heavy (non-hydrogen) atoms. The molecule has 0 N–H and O–H groups in total. The molecule has 10 aromatic rings. The van der Waals surface area contributed by atoms with Gasteiger partial charge in [0.1, 0.15) is 11.2 Å². The third kappa shape index (κ3) is 5.04. The van der Waals surface area contributed by atoms with Gasteiger partial charge < -0.3 is 9.32 Å². The molecule has 1 heterocycles. The smallest absolute Gasteiger partial charge is 0.143 e. The first-order chi connectivity index (χ1) is 29.5. The van der Waals surface area contributed by atoms with Crippen LogP contribution in [0.5, 0.6) is 0 Å². The molecule has 0 aliphatic carbocycles. The predicted octanol–water partition coefficient (Wildman–Crippen LogP) is 14.4. The van der Waals surface area contributed by atoms with Crippen molar-refractivity contribution in [1.82, 2.24) is 0 Å². The normalized spacial score (nSPS) is 13.9. The van der Waals surface area contributed by atoms with E-state index >= 15 is 0 Å². The van der Waals surface area contributed by atoms with Crippen LogP contribution in [0.1, 0.15) is 12.3 Å². The van der Waals surface area contributed by atoms with E-state index in [1.54, 1.807) is 4.90 Å². The Kier molecular flexibility index (Phi) is 5.28. The van der Waals surface area contributed by atoms with Crippen molar-refractivity contribution in [1.29, 1.82) is 0 Å². The number of rotatable bonds is 6. The fraction of sp³-hybridized carbons (Fsp3) is 0. The summed E-state index contributed by atoms with van der Waals surface area (Å²) in [6, 6.07) is 42.5. The van der Waals surface area contributed by atoms with Gasteiger partial charge in [-0.25, -0.2) is 0 Å². The summed E-state index contributed by atoms with van der Waals surface area (Å²) in [5, 5.41) is 6.06. The Morgan fingerprint density at radius 2 is 0.962 bits per heavy atom. The van der Waals surface area contributed by atoms with Crippen LogP contribution in [-0.4, -0.2) is 0 Å². The summed E-state index contributed by atoms with van der Waals surface area (Å²) in [5.74, 6) is 0. The molecule has 0 bridgehead atoms. The Hall–Kier alpha value is -6.90. The third-order valence-electron chi connectivity index (χ3n) is 9.64. The Morgan fingerprint density at radius 3 is 1.79 bits per heavy atom. The van der Waals surface area contributed by atoms with Gasteiger partial charge in [-0.2, -0.15) is 0 Å². The van der Waals surface area contributed by atoms with Crippen LogP contribution < -0.4 is 4.90 Å². The van der Waals surface area contributed by atoms with Gasteiger partial charge in [0.05, 0.1) is 18.0 Å². The average Bonchev–Trinajstić information content (AvgIpc) is 3.69. The number of benzene rings is 9. The molecule has 0 unspecified atom stereocenters. The van der Waals surface area contributed by atoms with E-state index < -0.39 is 59.9 Å². The van der Waals surface area contributed by atoms with Crippen LogP contribution in [0.3, 0.4) is 0 Å². The lowest BCUT2D eigenvalue weighted by atomic mass is 9.97. The number of fused-ring (bicyclic) bond motifs is 6. The van der Waals surface area contributed by atoms with Crippen LogP contribution in [0, 0.1) is 0 Å². The minimum absolute atomic E-state index is 0.0840. The number of para-hydroxylation sites is 2. The van der Waals surface area contributed by atoms with E-state index in [-0.39, 0.29) is 11.3 Å². The number of furan rings is 1. The monoisotopic (exact) mass is 672 g/mol. The average molecular weight is 673 g/mol. The minimum atomic E-state index is -0.633. The molecule has 10 rings (SSSR count). The van der Waals surface area contributed by atoms with Gasteiger partial charge in [-0.3, -0.25) is 0 Å². The van der Waals surface area contributed by atoms with Crippen LogP contribution in [0.4, 0.5) is 17.1 Å². The number of anilines is 3. The highest BCUT2D eigenvalue weighted by atomic mass is 16.3. The van der Waals surface area contributed by atoms with Gasteiger partial charge in [0, 0.05) is 38.7 Å². The zero-order chi connectivity index (χ0) is 42.3. The van der Waals surface area contributed by atoms with E-state index in [2.05, 4.69) is 36.4 Å². The number of hydrogen-bond donors (Lipinski definition) is 0. The summed E-state index contributed by atoms with van der Waals surface area (Å²) >= 11 is 0. The van der Waals surface area contributed by atoms with Crippen molar-refractivity contribution in [3.63, 3.8) is 0 Å². The molecule has 244 valence electrons. The Bertz CT molecular complexity index is 3370. The molecule has 0 spiro atoms. The van der Waals surface area contributed by atoms with Crippen LogP contribution >= 0.6 is 0 Å². The molecule has 0 atom stereocenters. The van der Waals surface area contributed by atoms with E-state index in [0.29, 0.717) is 22.5 Å². The minimum Gasteiger partial charge on any atom is -0.455 e. The molecule has 0 saturated heterocycles. The van der Waals surface area contributed by atoms with Crippen LogP contribution in [0.15, 0.2) is 204 Å². The van der Waals surface area contributed by atoms with Crippen molar-refractivity contribution in [3.8, 4) is 33.4 Å². The first kappa shape index (κ1) is 22.0. The van der Waals surface area contributed by atoms with Crippen molar-refractivity contribution >= 4 is 60.5 Å². The van der Waals surface area contributed by atoms with Gasteiger partial charge in [0.15, 0.2) is 0 Å². The van der Waals surface area contributed by atoms with Crippen LogP contribution in [-0.2, 0) is 0 Å². The van der Waals surface area contributed by atoms with Gasteiger partial charge in [-0.1, -0.05) is 164 Å². The summed E-state index contributed by atoms with van der Waals surface area (Å²) in [7, 11) is 0. The first-order valence-corrected chi connectivity index (χ1v) is 17.0. The SMILES string of the molecule is [2H]c1c([2H])c([2H])c(-c2c([2H])c([2H])c(N(c3ccc(-c4cccc5ccccc45)cc3)c3ccccc3-c3cccc4c3oc3c5ccccc5ccc43)c([2H])c2[2H])c([2H])c1[2H]. The lowest BCUT2D eigenvalue weighted by Crippen LogP contribution is -2.11. The summed E-state index contributed by atoms with van der Waals surface area (Å²) < 4.78 is 86.5. The quantitative estimate of drug-likeness (QED) is 0.175. The molecule has 2 nitrogen and oxygen atoms in total. The van der Waals surface area contributed by atoms with Crippen molar-refractivity contribution in [2.75, 3.05) is 4.90 Å². The maximum atomic E-state index is 9.56. The zero-order valence-corrected chi connectivity index (χ0v) is 27.7. The largest absolute Gasteiger partial charge is 0.455 e. The number of hydrogen-bond acceptors (Lipinski definition) is 2. The maximum Gasteiger partial charge on any atom is 0.143 e. The van der Waals surface area contributed by atoms with Crippen molar-refractivity contribution in [2.45, 2.75) is 0 Å². The fourth-order valence-corrected chi connectivity index (χ4v) is 7.21. The topological polar surface area (TPSA) is 16.4 Å². The molecule has 0 fully saturated rings. The van der Waals surface area contributed by atoms with Gasteiger partial charge in [-0.05, 0) is 74.8 Å². The molecule has 0 aliphatic heterocycles. The lowest BCUT2D eigenvalue weighted by molar-refractivity contribution is 0.674. The molecular weight excluding hydrogens is 631 g/mol. The van der Waals surface area contributed by atoms with E-state index in [0.717, 1.165) is 54.6 Å². The molecule has 0 amide bonds. The molecule has 2 heteroatoms. The molecule has 9 aromatic carbocycles. The van der Waals surface area contributed by atoms with E-state index in [1.165, 1.54) is 0 Å². The van der Waals surface area contributed by atoms with E-state index in [1.807, 2.05) is 109 Å². The van der Waals surface area contributed by atoms with Gasteiger partial charge in [0.25, 0.3) is 0 Å². The Labute approximate surface area is 315 Å². The summed E-state index contributed by atoms with van der Waals surface area (Å²) in [4.78, 5) is 1.70. The van der Waals surface area contributed by atoms with Crippen LogP contribution in [0.2, 0.25) is 0 Å². The molecule has 0 radical (unpaired) electrons. The summed E-state index contributed by atoms with van der Waals surface area (Å²) in [6.07, 6.45) is 0. The molecule has 0 saturated carbocycles.